The Balaban J connectivity index is 1.56. The first-order chi connectivity index (χ1) is 13.3. The summed E-state index contributed by atoms with van der Waals surface area (Å²) in [7, 11) is 3.59. The number of fused-ring (bicyclic) bond motifs is 5. The molecule has 0 radical (unpaired) electrons. The first-order valence-corrected chi connectivity index (χ1v) is 10.8. The van der Waals surface area contributed by atoms with Gasteiger partial charge in [0, 0.05) is 32.4 Å². The van der Waals surface area contributed by atoms with Crippen molar-refractivity contribution in [3.63, 3.8) is 0 Å². The lowest BCUT2D eigenvalue weighted by molar-refractivity contribution is -0.130. The molecule has 5 atom stereocenters. The zero-order valence-corrected chi connectivity index (χ0v) is 17.3. The predicted molar refractivity (Wildman–Crippen MR) is 107 cm³/mol. The largest absolute Gasteiger partial charge is 0.349 e. The fourth-order valence-corrected chi connectivity index (χ4v) is 6.64. The summed E-state index contributed by atoms with van der Waals surface area (Å²) < 4.78 is 14.3. The van der Waals surface area contributed by atoms with E-state index >= 15 is 0 Å². The molecule has 3 aliphatic rings. The van der Waals surface area contributed by atoms with Crippen LogP contribution in [0, 0.1) is 29.0 Å². The number of hydrogen-bond acceptors (Lipinski definition) is 2. The molecule has 0 saturated heterocycles. The maximum atomic E-state index is 14.3. The number of ketones is 1. The van der Waals surface area contributed by atoms with Crippen molar-refractivity contribution in [3.8, 4) is 0 Å². The van der Waals surface area contributed by atoms with E-state index in [1.807, 2.05) is 6.07 Å². The molecule has 0 heterocycles. The van der Waals surface area contributed by atoms with Crippen LogP contribution in [0.5, 0.6) is 0 Å². The monoisotopic (exact) mass is 385 g/mol. The third-order valence-electron chi connectivity index (χ3n) is 8.03. The van der Waals surface area contributed by atoms with Gasteiger partial charge < -0.3 is 4.90 Å². The maximum Gasteiger partial charge on any atom is 0.222 e. The van der Waals surface area contributed by atoms with Gasteiger partial charge in [0.1, 0.15) is 11.6 Å². The molecule has 1 amide bonds. The van der Waals surface area contributed by atoms with E-state index in [0.717, 1.165) is 44.1 Å². The Bertz CT molecular complexity index is 789. The van der Waals surface area contributed by atoms with Crippen molar-refractivity contribution < 1.29 is 14.0 Å². The van der Waals surface area contributed by atoms with Crippen molar-refractivity contribution in [2.75, 3.05) is 14.1 Å². The van der Waals surface area contributed by atoms with Crippen LogP contribution < -0.4 is 0 Å². The van der Waals surface area contributed by atoms with Gasteiger partial charge in [-0.15, -0.1) is 0 Å². The van der Waals surface area contributed by atoms with Crippen LogP contribution in [-0.2, 0) is 16.0 Å². The highest BCUT2D eigenvalue weighted by atomic mass is 19.1. The molecule has 2 fully saturated rings. The first-order valence-electron chi connectivity index (χ1n) is 10.8. The molecule has 3 aliphatic carbocycles. The predicted octanol–water partition coefficient (Wildman–Crippen LogP) is 4.74. The lowest BCUT2D eigenvalue weighted by Crippen LogP contribution is -2.44. The van der Waals surface area contributed by atoms with Crippen LogP contribution in [0.2, 0.25) is 0 Å². The third kappa shape index (κ3) is 3.09. The lowest BCUT2D eigenvalue weighted by Gasteiger charge is -2.50. The molecular formula is C24H32FNO2. The number of hydrogen-bond donors (Lipinski definition) is 0. The van der Waals surface area contributed by atoms with Crippen LogP contribution in [0.1, 0.15) is 68.9 Å². The lowest BCUT2D eigenvalue weighted by atomic mass is 9.54. The van der Waals surface area contributed by atoms with Gasteiger partial charge >= 0.3 is 0 Å². The highest BCUT2D eigenvalue weighted by molar-refractivity contribution is 5.87. The van der Waals surface area contributed by atoms with Gasteiger partial charge in [0.25, 0.3) is 0 Å². The fraction of sp³-hybridized carbons (Fsp3) is 0.667. The summed E-state index contributed by atoms with van der Waals surface area (Å²) >= 11 is 0. The standard InChI is InChI=1S/C24H32FNO2/c1-24-13-12-17-16-7-5-8-20(25)18(16)10-11-19(17)23(24)15(14-21(24)27)6-4-9-22(28)26(2)3/h5,7-8,15,17,19,23H,4,6,9-14H2,1-3H3/t15-,17?,19?,23?,24-/m1/s1. The minimum absolute atomic E-state index is 0.0643. The summed E-state index contributed by atoms with van der Waals surface area (Å²) in [4.78, 5) is 26.6. The molecule has 1 aromatic carbocycles. The van der Waals surface area contributed by atoms with Crippen LogP contribution in [-0.4, -0.2) is 30.7 Å². The van der Waals surface area contributed by atoms with Gasteiger partial charge in [0.05, 0.1) is 0 Å². The molecule has 0 bridgehead atoms. The van der Waals surface area contributed by atoms with Crippen LogP contribution in [0.25, 0.3) is 0 Å². The Morgan fingerprint density at radius 3 is 2.82 bits per heavy atom. The molecule has 28 heavy (non-hydrogen) atoms. The summed E-state index contributed by atoms with van der Waals surface area (Å²) in [6.07, 6.45) is 6.70. The minimum Gasteiger partial charge on any atom is -0.349 e. The van der Waals surface area contributed by atoms with E-state index in [4.69, 9.17) is 0 Å². The smallest absolute Gasteiger partial charge is 0.222 e. The van der Waals surface area contributed by atoms with Gasteiger partial charge in [-0.1, -0.05) is 19.1 Å². The first kappa shape index (κ1) is 19.6. The number of amides is 1. The SMILES string of the molecule is CN(C)C(=O)CCC[C@@H]1CC(=O)[C@@]2(C)CCC3c4cccc(F)c4CCC3C12. The van der Waals surface area contributed by atoms with E-state index in [1.54, 1.807) is 25.1 Å². The minimum atomic E-state index is -0.220. The number of carbonyl (C=O) groups is 2. The van der Waals surface area contributed by atoms with Gasteiger partial charge in [-0.05, 0) is 79.4 Å². The number of Topliss-reactive ketones (excluding diaryl/α,β-unsaturated/α-hetero) is 1. The Morgan fingerprint density at radius 2 is 2.07 bits per heavy atom. The van der Waals surface area contributed by atoms with Gasteiger partial charge in [-0.2, -0.15) is 0 Å². The number of halogens is 1. The van der Waals surface area contributed by atoms with Crippen molar-refractivity contribution in [3.05, 3.63) is 35.1 Å². The second kappa shape index (κ2) is 7.27. The number of benzene rings is 1. The van der Waals surface area contributed by atoms with E-state index in [1.165, 1.54) is 5.56 Å². The molecule has 4 heteroatoms. The van der Waals surface area contributed by atoms with E-state index in [-0.39, 0.29) is 17.1 Å². The van der Waals surface area contributed by atoms with Crippen molar-refractivity contribution in [1.82, 2.24) is 4.90 Å². The number of nitrogens with zero attached hydrogens (tertiary/aromatic N) is 1. The molecule has 0 spiro atoms. The summed E-state index contributed by atoms with van der Waals surface area (Å²) in [6, 6.07) is 5.53. The number of rotatable bonds is 4. The molecule has 3 nitrogen and oxygen atoms in total. The van der Waals surface area contributed by atoms with Crippen LogP contribution in [0.4, 0.5) is 4.39 Å². The normalized spacial score (nSPS) is 33.8. The van der Waals surface area contributed by atoms with Crippen LogP contribution in [0.3, 0.4) is 0 Å². The molecule has 2 saturated carbocycles. The summed E-state index contributed by atoms with van der Waals surface area (Å²) in [5.41, 5.74) is 1.88. The molecule has 3 unspecified atom stereocenters. The number of carbonyl (C=O) groups excluding carboxylic acids is 2. The molecule has 4 rings (SSSR count). The van der Waals surface area contributed by atoms with Crippen LogP contribution in [0.15, 0.2) is 18.2 Å². The van der Waals surface area contributed by atoms with Gasteiger partial charge in [0.2, 0.25) is 5.91 Å². The summed E-state index contributed by atoms with van der Waals surface area (Å²) in [5, 5.41) is 0. The van der Waals surface area contributed by atoms with E-state index in [0.29, 0.717) is 42.3 Å². The highest BCUT2D eigenvalue weighted by Crippen LogP contribution is 2.62. The average Bonchev–Trinajstić information content (AvgIpc) is 2.92. The maximum absolute atomic E-state index is 14.3. The van der Waals surface area contributed by atoms with Gasteiger partial charge in [0.15, 0.2) is 0 Å². The topological polar surface area (TPSA) is 37.4 Å². The average molecular weight is 386 g/mol. The zero-order valence-electron chi connectivity index (χ0n) is 17.3. The third-order valence-corrected chi connectivity index (χ3v) is 8.03. The van der Waals surface area contributed by atoms with Gasteiger partial charge in [-0.3, -0.25) is 9.59 Å². The Morgan fingerprint density at radius 1 is 1.29 bits per heavy atom. The molecule has 0 aliphatic heterocycles. The Kier molecular flexibility index (Phi) is 5.09. The molecule has 0 aromatic heterocycles. The van der Waals surface area contributed by atoms with Crippen molar-refractivity contribution in [1.29, 1.82) is 0 Å². The molecule has 152 valence electrons. The van der Waals surface area contributed by atoms with Gasteiger partial charge in [-0.25, -0.2) is 4.39 Å². The molecular weight excluding hydrogens is 353 g/mol. The molecule has 1 aromatic rings. The van der Waals surface area contributed by atoms with Crippen molar-refractivity contribution >= 4 is 11.7 Å². The summed E-state index contributed by atoms with van der Waals surface area (Å²) in [5.74, 6) is 2.12. The fourth-order valence-electron chi connectivity index (χ4n) is 6.64. The van der Waals surface area contributed by atoms with Crippen molar-refractivity contribution in [2.45, 2.75) is 64.2 Å². The molecule has 0 N–H and O–H groups in total. The van der Waals surface area contributed by atoms with E-state index in [2.05, 4.69) is 13.0 Å². The second-order valence-corrected chi connectivity index (χ2v) is 9.67. The Hall–Kier alpha value is -1.71. The summed E-state index contributed by atoms with van der Waals surface area (Å²) in [6.45, 7) is 2.18. The quantitative estimate of drug-likeness (QED) is 0.751. The van der Waals surface area contributed by atoms with Crippen LogP contribution >= 0.6 is 0 Å². The van der Waals surface area contributed by atoms with Crippen molar-refractivity contribution in [2.24, 2.45) is 23.2 Å². The second-order valence-electron chi connectivity index (χ2n) is 9.67. The van der Waals surface area contributed by atoms with E-state index in [9.17, 15) is 14.0 Å². The Labute approximate surface area is 167 Å². The zero-order chi connectivity index (χ0) is 20.1. The van der Waals surface area contributed by atoms with E-state index < -0.39 is 0 Å². The highest BCUT2D eigenvalue weighted by Gasteiger charge is 2.58.